The lowest BCUT2D eigenvalue weighted by molar-refractivity contribution is 0.611. The third-order valence-corrected chi connectivity index (χ3v) is 4.76. The fourth-order valence-electron chi connectivity index (χ4n) is 2.74. The minimum atomic E-state index is -0.144. The molecule has 0 bridgehead atoms. The van der Waals surface area contributed by atoms with E-state index in [9.17, 15) is 4.79 Å². The van der Waals surface area contributed by atoms with Crippen LogP contribution in [0.1, 0.15) is 49.1 Å². The predicted octanol–water partition coefficient (Wildman–Crippen LogP) is 2.95. The van der Waals surface area contributed by atoms with Gasteiger partial charge in [-0.1, -0.05) is 31.7 Å². The molecule has 0 unspecified atom stereocenters. The Morgan fingerprint density at radius 2 is 2.05 bits per heavy atom. The van der Waals surface area contributed by atoms with E-state index in [2.05, 4.69) is 20.5 Å². The Kier molecular flexibility index (Phi) is 4.65. The van der Waals surface area contributed by atoms with Crippen molar-refractivity contribution in [1.29, 1.82) is 0 Å². The van der Waals surface area contributed by atoms with Crippen LogP contribution in [0.25, 0.3) is 0 Å². The minimum absolute atomic E-state index is 0.144. The standard InChI is InChI=1S/C15H20N4OS/c20-14-13(10-12-8-5-9-21-12)18-19-15(17-14)16-11-6-3-1-2-4-7-11/h5,8-9,11H,1-4,6-7,10H2,(H2,16,17,19,20). The first-order chi connectivity index (χ1) is 10.3. The molecule has 0 aromatic carbocycles. The highest BCUT2D eigenvalue weighted by Gasteiger charge is 2.14. The fourth-order valence-corrected chi connectivity index (χ4v) is 3.45. The van der Waals surface area contributed by atoms with Gasteiger partial charge in [-0.15, -0.1) is 21.5 Å². The molecule has 2 N–H and O–H groups in total. The first-order valence-corrected chi connectivity index (χ1v) is 8.44. The Hall–Kier alpha value is -1.69. The van der Waals surface area contributed by atoms with E-state index in [1.54, 1.807) is 11.3 Å². The topological polar surface area (TPSA) is 70.7 Å². The molecular formula is C15H20N4OS. The largest absolute Gasteiger partial charge is 0.352 e. The second-order valence-electron chi connectivity index (χ2n) is 5.54. The Morgan fingerprint density at radius 1 is 1.24 bits per heavy atom. The van der Waals surface area contributed by atoms with E-state index in [1.165, 1.54) is 25.7 Å². The maximum Gasteiger partial charge on any atom is 0.274 e. The van der Waals surface area contributed by atoms with Gasteiger partial charge in [0.2, 0.25) is 5.95 Å². The Balaban J connectivity index is 1.67. The van der Waals surface area contributed by atoms with Gasteiger partial charge in [-0.25, -0.2) is 0 Å². The lowest BCUT2D eigenvalue weighted by Gasteiger charge is -2.15. The first-order valence-electron chi connectivity index (χ1n) is 7.56. The van der Waals surface area contributed by atoms with Crippen molar-refractivity contribution in [2.45, 2.75) is 51.0 Å². The number of aromatic nitrogens is 3. The van der Waals surface area contributed by atoms with Crippen molar-refractivity contribution in [3.8, 4) is 0 Å². The van der Waals surface area contributed by atoms with Gasteiger partial charge in [0.15, 0.2) is 0 Å². The number of hydrogen-bond donors (Lipinski definition) is 2. The van der Waals surface area contributed by atoms with Crippen LogP contribution in [0.3, 0.4) is 0 Å². The molecule has 0 radical (unpaired) electrons. The van der Waals surface area contributed by atoms with E-state index >= 15 is 0 Å². The van der Waals surface area contributed by atoms with Crippen LogP contribution in [0.15, 0.2) is 22.3 Å². The maximum atomic E-state index is 12.1. The average molecular weight is 304 g/mol. The van der Waals surface area contributed by atoms with Crippen molar-refractivity contribution in [1.82, 2.24) is 15.2 Å². The molecule has 21 heavy (non-hydrogen) atoms. The zero-order valence-electron chi connectivity index (χ0n) is 12.0. The van der Waals surface area contributed by atoms with Crippen LogP contribution in [0, 0.1) is 0 Å². The molecule has 2 heterocycles. The molecule has 1 aliphatic rings. The van der Waals surface area contributed by atoms with Gasteiger partial charge >= 0.3 is 0 Å². The summed E-state index contributed by atoms with van der Waals surface area (Å²) in [5.74, 6) is 0.502. The minimum Gasteiger partial charge on any atom is -0.352 e. The van der Waals surface area contributed by atoms with Gasteiger partial charge in [0.05, 0.1) is 0 Å². The SMILES string of the molecule is O=c1[nH]c(NC2CCCCCC2)nnc1Cc1cccs1. The lowest BCUT2D eigenvalue weighted by Crippen LogP contribution is -2.25. The van der Waals surface area contributed by atoms with Gasteiger partial charge in [-0.3, -0.25) is 9.78 Å². The zero-order chi connectivity index (χ0) is 14.5. The molecule has 0 saturated heterocycles. The van der Waals surface area contributed by atoms with Crippen molar-refractivity contribution in [2.75, 3.05) is 5.32 Å². The summed E-state index contributed by atoms with van der Waals surface area (Å²) < 4.78 is 0. The summed E-state index contributed by atoms with van der Waals surface area (Å²) in [6, 6.07) is 4.38. The number of aromatic amines is 1. The van der Waals surface area contributed by atoms with Crippen LogP contribution in [-0.2, 0) is 6.42 Å². The average Bonchev–Trinajstić information content (AvgIpc) is 2.85. The molecular weight excluding hydrogens is 284 g/mol. The summed E-state index contributed by atoms with van der Waals surface area (Å²) in [4.78, 5) is 16.0. The number of thiophene rings is 1. The summed E-state index contributed by atoms with van der Waals surface area (Å²) in [7, 11) is 0. The Morgan fingerprint density at radius 3 is 2.71 bits per heavy atom. The second kappa shape index (κ2) is 6.85. The lowest BCUT2D eigenvalue weighted by atomic mass is 10.1. The van der Waals surface area contributed by atoms with Crippen LogP contribution in [-0.4, -0.2) is 21.2 Å². The monoisotopic (exact) mass is 304 g/mol. The zero-order valence-corrected chi connectivity index (χ0v) is 12.8. The maximum absolute atomic E-state index is 12.1. The van der Waals surface area contributed by atoms with Gasteiger partial charge in [0.25, 0.3) is 5.56 Å². The molecule has 6 heteroatoms. The molecule has 1 aliphatic carbocycles. The Bertz CT molecular complexity index is 615. The van der Waals surface area contributed by atoms with E-state index in [4.69, 9.17) is 0 Å². The Labute approximate surface area is 127 Å². The highest BCUT2D eigenvalue weighted by atomic mass is 32.1. The van der Waals surface area contributed by atoms with E-state index in [1.807, 2.05) is 17.5 Å². The van der Waals surface area contributed by atoms with Crippen LogP contribution in [0.5, 0.6) is 0 Å². The van der Waals surface area contributed by atoms with Gasteiger partial charge in [0, 0.05) is 17.3 Å². The first kappa shape index (κ1) is 14.3. The summed E-state index contributed by atoms with van der Waals surface area (Å²) >= 11 is 1.63. The summed E-state index contributed by atoms with van der Waals surface area (Å²) in [5, 5.41) is 13.5. The molecule has 2 aromatic heterocycles. The van der Waals surface area contributed by atoms with Crippen LogP contribution >= 0.6 is 11.3 Å². The molecule has 0 atom stereocenters. The number of nitrogens with zero attached hydrogens (tertiary/aromatic N) is 2. The number of H-pyrrole nitrogens is 1. The molecule has 1 saturated carbocycles. The molecule has 0 aliphatic heterocycles. The molecule has 2 aromatic rings. The van der Waals surface area contributed by atoms with Gasteiger partial charge in [0.1, 0.15) is 5.69 Å². The second-order valence-corrected chi connectivity index (χ2v) is 6.57. The van der Waals surface area contributed by atoms with Gasteiger partial charge in [-0.2, -0.15) is 0 Å². The van der Waals surface area contributed by atoms with Crippen molar-refractivity contribution in [3.05, 3.63) is 38.4 Å². The third kappa shape index (κ3) is 3.91. The molecule has 112 valence electrons. The van der Waals surface area contributed by atoms with Crippen LogP contribution in [0.2, 0.25) is 0 Å². The van der Waals surface area contributed by atoms with Crippen LogP contribution in [0.4, 0.5) is 5.95 Å². The fraction of sp³-hybridized carbons (Fsp3) is 0.533. The molecule has 0 spiro atoms. The molecule has 1 fully saturated rings. The molecule has 0 amide bonds. The number of nitrogens with one attached hydrogen (secondary N) is 2. The third-order valence-electron chi connectivity index (χ3n) is 3.88. The number of hydrogen-bond acceptors (Lipinski definition) is 5. The summed E-state index contributed by atoms with van der Waals surface area (Å²) in [5.41, 5.74) is 0.332. The number of rotatable bonds is 4. The van der Waals surface area contributed by atoms with E-state index < -0.39 is 0 Å². The molecule has 5 nitrogen and oxygen atoms in total. The van der Waals surface area contributed by atoms with E-state index in [0.717, 1.165) is 17.7 Å². The predicted molar refractivity (Wildman–Crippen MR) is 84.9 cm³/mol. The van der Waals surface area contributed by atoms with Crippen molar-refractivity contribution in [2.24, 2.45) is 0 Å². The summed E-state index contributed by atoms with van der Waals surface area (Å²) in [6.45, 7) is 0. The van der Waals surface area contributed by atoms with Crippen molar-refractivity contribution < 1.29 is 0 Å². The van der Waals surface area contributed by atoms with E-state index in [0.29, 0.717) is 24.1 Å². The highest BCUT2D eigenvalue weighted by Crippen LogP contribution is 2.19. The smallest absolute Gasteiger partial charge is 0.274 e. The van der Waals surface area contributed by atoms with Crippen molar-refractivity contribution in [3.63, 3.8) is 0 Å². The highest BCUT2D eigenvalue weighted by molar-refractivity contribution is 7.09. The van der Waals surface area contributed by atoms with Gasteiger partial charge < -0.3 is 5.32 Å². The van der Waals surface area contributed by atoms with Crippen LogP contribution < -0.4 is 10.9 Å². The van der Waals surface area contributed by atoms with Gasteiger partial charge in [-0.05, 0) is 24.3 Å². The quantitative estimate of drug-likeness (QED) is 0.852. The molecule has 3 rings (SSSR count). The van der Waals surface area contributed by atoms with E-state index in [-0.39, 0.29) is 5.56 Å². The van der Waals surface area contributed by atoms with Crippen molar-refractivity contribution >= 4 is 17.3 Å². The number of anilines is 1. The normalized spacial score (nSPS) is 16.6. The summed E-state index contributed by atoms with van der Waals surface area (Å²) in [6.07, 6.45) is 7.92.